The maximum Gasteiger partial charge on any atom is 0.126 e. The minimum atomic E-state index is -0.138. The van der Waals surface area contributed by atoms with Gasteiger partial charge >= 0.3 is 0 Å². The predicted molar refractivity (Wildman–Crippen MR) is 62.5 cm³/mol. The van der Waals surface area contributed by atoms with Crippen molar-refractivity contribution in [3.05, 3.63) is 59.2 Å². The normalized spacial score (nSPS) is 10.6. The lowest BCUT2D eigenvalue weighted by atomic mass is 10.1. The highest BCUT2D eigenvalue weighted by molar-refractivity contribution is 5.23. The van der Waals surface area contributed by atoms with Crippen molar-refractivity contribution >= 4 is 0 Å². The van der Waals surface area contributed by atoms with Crippen LogP contribution in [0.3, 0.4) is 0 Å². The van der Waals surface area contributed by atoms with Crippen molar-refractivity contribution in [2.45, 2.75) is 20.0 Å². The van der Waals surface area contributed by atoms with Gasteiger partial charge in [-0.3, -0.25) is 0 Å². The molecule has 0 spiro atoms. The zero-order chi connectivity index (χ0) is 11.4. The zero-order valence-electron chi connectivity index (χ0n) is 9.26. The van der Waals surface area contributed by atoms with Gasteiger partial charge in [0.15, 0.2) is 0 Å². The summed E-state index contributed by atoms with van der Waals surface area (Å²) in [4.78, 5) is 2.99. The van der Waals surface area contributed by atoms with E-state index in [9.17, 15) is 4.39 Å². The lowest BCUT2D eigenvalue weighted by Gasteiger charge is -2.05. The van der Waals surface area contributed by atoms with Gasteiger partial charge in [-0.2, -0.15) is 0 Å². The summed E-state index contributed by atoms with van der Waals surface area (Å²) in [5.41, 5.74) is 2.86. The third-order valence-corrected chi connectivity index (χ3v) is 2.56. The van der Waals surface area contributed by atoms with Gasteiger partial charge in [0.1, 0.15) is 5.82 Å². The first-order valence-corrected chi connectivity index (χ1v) is 5.33. The van der Waals surface area contributed by atoms with Crippen molar-refractivity contribution in [2.75, 3.05) is 0 Å². The molecule has 0 aliphatic heterocycles. The Morgan fingerprint density at radius 2 is 2.00 bits per heavy atom. The van der Waals surface area contributed by atoms with Crippen LogP contribution in [0.25, 0.3) is 0 Å². The molecule has 2 rings (SSSR count). The van der Waals surface area contributed by atoms with E-state index in [-0.39, 0.29) is 5.82 Å². The van der Waals surface area contributed by atoms with Gasteiger partial charge < -0.3 is 10.3 Å². The van der Waals surface area contributed by atoms with Gasteiger partial charge in [0.2, 0.25) is 0 Å². The van der Waals surface area contributed by atoms with Crippen LogP contribution in [-0.4, -0.2) is 4.98 Å². The molecule has 2 aromatic rings. The fourth-order valence-corrected chi connectivity index (χ4v) is 1.57. The first-order valence-electron chi connectivity index (χ1n) is 5.33. The molecule has 0 fully saturated rings. The van der Waals surface area contributed by atoms with Crippen molar-refractivity contribution in [3.63, 3.8) is 0 Å². The molecule has 0 bridgehead atoms. The molecule has 2 nitrogen and oxygen atoms in total. The Bertz CT molecular complexity index is 449. The monoisotopic (exact) mass is 218 g/mol. The Kier molecular flexibility index (Phi) is 3.37. The summed E-state index contributed by atoms with van der Waals surface area (Å²) >= 11 is 0. The van der Waals surface area contributed by atoms with Crippen LogP contribution in [0.15, 0.2) is 36.7 Å². The molecule has 0 amide bonds. The Labute approximate surface area is 94.5 Å². The van der Waals surface area contributed by atoms with Crippen LogP contribution in [0.4, 0.5) is 4.39 Å². The molecule has 0 atom stereocenters. The van der Waals surface area contributed by atoms with Crippen LogP contribution in [0.5, 0.6) is 0 Å². The van der Waals surface area contributed by atoms with Crippen LogP contribution in [-0.2, 0) is 13.1 Å². The Hall–Kier alpha value is -1.61. The van der Waals surface area contributed by atoms with Gasteiger partial charge in [-0.15, -0.1) is 0 Å². The van der Waals surface area contributed by atoms with E-state index in [1.165, 1.54) is 5.56 Å². The van der Waals surface area contributed by atoms with Crippen LogP contribution in [0.1, 0.15) is 16.7 Å². The van der Waals surface area contributed by atoms with Gasteiger partial charge in [0.05, 0.1) is 0 Å². The van der Waals surface area contributed by atoms with Gasteiger partial charge in [-0.05, 0) is 35.7 Å². The maximum absolute atomic E-state index is 13.2. The topological polar surface area (TPSA) is 27.8 Å². The number of rotatable bonds is 4. The number of hydrogen-bond acceptors (Lipinski definition) is 1. The highest BCUT2D eigenvalue weighted by Gasteiger charge is 1.99. The van der Waals surface area contributed by atoms with Crippen LogP contribution < -0.4 is 5.32 Å². The third kappa shape index (κ3) is 2.70. The van der Waals surface area contributed by atoms with Crippen LogP contribution >= 0.6 is 0 Å². The van der Waals surface area contributed by atoms with Gasteiger partial charge in [0.25, 0.3) is 0 Å². The molecule has 0 saturated carbocycles. The molecule has 0 radical (unpaired) electrons. The Morgan fingerprint density at radius 1 is 1.19 bits per heavy atom. The van der Waals surface area contributed by atoms with E-state index in [2.05, 4.69) is 10.3 Å². The summed E-state index contributed by atoms with van der Waals surface area (Å²) < 4.78 is 13.2. The quantitative estimate of drug-likeness (QED) is 0.811. The highest BCUT2D eigenvalue weighted by Crippen LogP contribution is 2.09. The molecule has 1 aromatic carbocycles. The molecule has 1 heterocycles. The largest absolute Gasteiger partial charge is 0.367 e. The Balaban J connectivity index is 1.87. The second kappa shape index (κ2) is 4.94. The molecule has 2 N–H and O–H groups in total. The summed E-state index contributed by atoms with van der Waals surface area (Å²) in [6, 6.07) is 7.35. The SMILES string of the molecule is Cc1ccc(CNCc2cc[nH]c2)cc1F. The fraction of sp³-hybridized carbons (Fsp3) is 0.231. The molecule has 84 valence electrons. The molecule has 0 aliphatic carbocycles. The number of aryl methyl sites for hydroxylation is 1. The maximum atomic E-state index is 13.2. The minimum absolute atomic E-state index is 0.138. The minimum Gasteiger partial charge on any atom is -0.367 e. The third-order valence-electron chi connectivity index (χ3n) is 2.56. The second-order valence-corrected chi connectivity index (χ2v) is 3.91. The number of H-pyrrole nitrogens is 1. The zero-order valence-corrected chi connectivity index (χ0v) is 9.26. The average molecular weight is 218 g/mol. The van der Waals surface area contributed by atoms with E-state index in [1.807, 2.05) is 30.6 Å². The Morgan fingerprint density at radius 3 is 2.69 bits per heavy atom. The van der Waals surface area contributed by atoms with E-state index in [4.69, 9.17) is 0 Å². The average Bonchev–Trinajstić information content (AvgIpc) is 2.76. The molecular weight excluding hydrogens is 203 g/mol. The van der Waals surface area contributed by atoms with Crippen LogP contribution in [0, 0.1) is 12.7 Å². The number of aromatic amines is 1. The van der Waals surface area contributed by atoms with E-state index < -0.39 is 0 Å². The van der Waals surface area contributed by atoms with E-state index in [0.717, 1.165) is 12.1 Å². The lowest BCUT2D eigenvalue weighted by molar-refractivity contribution is 0.611. The first kappa shape index (κ1) is 10.9. The van der Waals surface area contributed by atoms with Gasteiger partial charge in [-0.25, -0.2) is 4.39 Å². The predicted octanol–water partition coefficient (Wildman–Crippen LogP) is 2.75. The summed E-state index contributed by atoms with van der Waals surface area (Å²) in [6.07, 6.45) is 3.84. The number of aromatic nitrogens is 1. The fourth-order valence-electron chi connectivity index (χ4n) is 1.57. The molecular formula is C13H15FN2. The van der Waals surface area contributed by atoms with Gasteiger partial charge in [0, 0.05) is 25.5 Å². The molecule has 1 aromatic heterocycles. The van der Waals surface area contributed by atoms with E-state index >= 15 is 0 Å². The van der Waals surface area contributed by atoms with Gasteiger partial charge in [-0.1, -0.05) is 12.1 Å². The van der Waals surface area contributed by atoms with Crippen molar-refractivity contribution in [2.24, 2.45) is 0 Å². The molecule has 3 heteroatoms. The first-order chi connectivity index (χ1) is 7.75. The second-order valence-electron chi connectivity index (χ2n) is 3.91. The summed E-state index contributed by atoms with van der Waals surface area (Å²) in [5.74, 6) is -0.138. The molecule has 16 heavy (non-hydrogen) atoms. The number of halogens is 1. The highest BCUT2D eigenvalue weighted by atomic mass is 19.1. The standard InChI is InChI=1S/C13H15FN2/c1-10-2-3-11(6-13(10)14)7-16-9-12-4-5-15-8-12/h2-6,8,15-16H,7,9H2,1H3. The lowest BCUT2D eigenvalue weighted by Crippen LogP contribution is -2.12. The van der Waals surface area contributed by atoms with Crippen molar-refractivity contribution in [1.82, 2.24) is 10.3 Å². The summed E-state index contributed by atoms with van der Waals surface area (Å²) in [7, 11) is 0. The van der Waals surface area contributed by atoms with Crippen molar-refractivity contribution < 1.29 is 4.39 Å². The molecule has 0 saturated heterocycles. The van der Waals surface area contributed by atoms with Crippen LogP contribution in [0.2, 0.25) is 0 Å². The van der Waals surface area contributed by atoms with Crippen molar-refractivity contribution in [3.8, 4) is 0 Å². The smallest absolute Gasteiger partial charge is 0.126 e. The van der Waals surface area contributed by atoms with Crippen molar-refractivity contribution in [1.29, 1.82) is 0 Å². The summed E-state index contributed by atoms with van der Waals surface area (Å²) in [6.45, 7) is 3.24. The van der Waals surface area contributed by atoms with E-state index in [0.29, 0.717) is 12.1 Å². The number of benzene rings is 1. The summed E-state index contributed by atoms with van der Waals surface area (Å²) in [5, 5.41) is 3.26. The molecule has 0 unspecified atom stereocenters. The van der Waals surface area contributed by atoms with E-state index in [1.54, 1.807) is 13.0 Å². The number of nitrogens with one attached hydrogen (secondary N) is 2. The number of hydrogen-bond donors (Lipinski definition) is 2. The molecule has 0 aliphatic rings.